The van der Waals surface area contributed by atoms with Crippen molar-refractivity contribution in [3.63, 3.8) is 0 Å². The molecular formula is C14H17BrN2. The Hall–Kier alpha value is -1.45. The summed E-state index contributed by atoms with van der Waals surface area (Å²) in [5.74, 6) is 0. The highest BCUT2D eigenvalue weighted by Gasteiger charge is 1.80. The molecule has 0 unspecified atom stereocenters. The Bertz CT molecular complexity index is 401. The summed E-state index contributed by atoms with van der Waals surface area (Å²) in [6.45, 7) is 4.21. The van der Waals surface area contributed by atoms with Gasteiger partial charge in [-0.25, -0.2) is 0 Å². The Morgan fingerprint density at radius 2 is 1.71 bits per heavy atom. The number of aromatic nitrogens is 1. The van der Waals surface area contributed by atoms with Crippen LogP contribution in [-0.4, -0.2) is 4.98 Å². The molecule has 1 heterocycles. The number of nitrogens with zero attached hydrogens (tertiary/aromatic N) is 1. The summed E-state index contributed by atoms with van der Waals surface area (Å²) in [4.78, 5) is 3.98. The predicted octanol–water partition coefficient (Wildman–Crippen LogP) is 3.45. The van der Waals surface area contributed by atoms with Crippen LogP contribution in [0.3, 0.4) is 0 Å². The minimum absolute atomic E-state index is 0. The standard InChI is InChI=1S/C7H7N.C7H9N.BrH/c1-2-7-5-3-4-6-8-7;8-6-7-4-2-1-3-5-7;/h2-6H,1H2;1-5H,6,8H2;1H. The van der Waals surface area contributed by atoms with Crippen LogP contribution in [0.15, 0.2) is 61.3 Å². The highest BCUT2D eigenvalue weighted by atomic mass is 79.9. The van der Waals surface area contributed by atoms with Crippen molar-refractivity contribution in [1.29, 1.82) is 0 Å². The highest BCUT2D eigenvalue weighted by Crippen LogP contribution is 1.94. The molecule has 2 rings (SSSR count). The van der Waals surface area contributed by atoms with E-state index in [-0.39, 0.29) is 17.0 Å². The highest BCUT2D eigenvalue weighted by molar-refractivity contribution is 8.93. The Labute approximate surface area is 113 Å². The molecule has 0 aliphatic rings. The van der Waals surface area contributed by atoms with Crippen LogP contribution in [0, 0.1) is 0 Å². The van der Waals surface area contributed by atoms with E-state index in [0.29, 0.717) is 6.54 Å². The minimum atomic E-state index is 0. The smallest absolute Gasteiger partial charge is 0.0623 e. The summed E-state index contributed by atoms with van der Waals surface area (Å²) >= 11 is 0. The molecule has 90 valence electrons. The molecule has 17 heavy (non-hydrogen) atoms. The molecular weight excluding hydrogens is 276 g/mol. The molecule has 0 aliphatic carbocycles. The van der Waals surface area contributed by atoms with Crippen LogP contribution in [0.1, 0.15) is 11.3 Å². The van der Waals surface area contributed by atoms with Gasteiger partial charge in [-0.2, -0.15) is 0 Å². The molecule has 1 aromatic carbocycles. The lowest BCUT2D eigenvalue weighted by Crippen LogP contribution is -1.94. The summed E-state index contributed by atoms with van der Waals surface area (Å²) in [5.41, 5.74) is 7.46. The molecule has 2 N–H and O–H groups in total. The Morgan fingerprint density at radius 3 is 2.06 bits per heavy atom. The van der Waals surface area contributed by atoms with Gasteiger partial charge in [0.25, 0.3) is 0 Å². The lowest BCUT2D eigenvalue weighted by atomic mass is 10.2. The van der Waals surface area contributed by atoms with Crippen molar-refractivity contribution in [3.05, 3.63) is 72.6 Å². The normalized spacial score (nSPS) is 8.29. The van der Waals surface area contributed by atoms with Gasteiger partial charge in [0.15, 0.2) is 0 Å². The van der Waals surface area contributed by atoms with E-state index in [1.807, 2.05) is 48.5 Å². The SMILES string of the molecule is Br.C=Cc1ccccn1.NCc1ccccc1. The summed E-state index contributed by atoms with van der Waals surface area (Å²) in [5, 5.41) is 0. The molecule has 2 nitrogen and oxygen atoms in total. The molecule has 3 heteroatoms. The van der Waals surface area contributed by atoms with Crippen molar-refractivity contribution in [2.75, 3.05) is 0 Å². The van der Waals surface area contributed by atoms with Crippen molar-refractivity contribution in [3.8, 4) is 0 Å². The zero-order valence-electron chi connectivity index (χ0n) is 9.62. The Kier molecular flexibility index (Phi) is 8.92. The van der Waals surface area contributed by atoms with Gasteiger partial charge in [0.2, 0.25) is 0 Å². The largest absolute Gasteiger partial charge is 0.326 e. The predicted molar refractivity (Wildman–Crippen MR) is 79.0 cm³/mol. The summed E-state index contributed by atoms with van der Waals surface area (Å²) in [6.07, 6.45) is 3.47. The third-order valence-electron chi connectivity index (χ3n) is 1.98. The topological polar surface area (TPSA) is 38.9 Å². The molecule has 0 saturated heterocycles. The third kappa shape index (κ3) is 6.66. The van der Waals surface area contributed by atoms with E-state index in [2.05, 4.69) is 11.6 Å². The van der Waals surface area contributed by atoms with Gasteiger partial charge >= 0.3 is 0 Å². The molecule has 2 aromatic rings. The molecule has 0 atom stereocenters. The number of halogens is 1. The van der Waals surface area contributed by atoms with Crippen molar-refractivity contribution in [2.24, 2.45) is 5.73 Å². The van der Waals surface area contributed by atoms with Gasteiger partial charge in [0.05, 0.1) is 5.69 Å². The minimum Gasteiger partial charge on any atom is -0.326 e. The van der Waals surface area contributed by atoms with Gasteiger partial charge in [-0.05, 0) is 23.8 Å². The Morgan fingerprint density at radius 1 is 1.06 bits per heavy atom. The van der Waals surface area contributed by atoms with Crippen molar-refractivity contribution in [2.45, 2.75) is 6.54 Å². The van der Waals surface area contributed by atoms with Gasteiger partial charge in [-0.1, -0.05) is 43.0 Å². The molecule has 0 bridgehead atoms. The maximum Gasteiger partial charge on any atom is 0.0623 e. The molecule has 0 radical (unpaired) electrons. The number of rotatable bonds is 2. The lowest BCUT2D eigenvalue weighted by Gasteiger charge is -1.90. The fourth-order valence-electron chi connectivity index (χ4n) is 1.11. The first-order valence-corrected chi connectivity index (χ1v) is 5.14. The third-order valence-corrected chi connectivity index (χ3v) is 1.98. The average molecular weight is 293 g/mol. The zero-order valence-corrected chi connectivity index (χ0v) is 11.3. The van der Waals surface area contributed by atoms with E-state index < -0.39 is 0 Å². The second-order valence-corrected chi connectivity index (χ2v) is 3.15. The van der Waals surface area contributed by atoms with Crippen LogP contribution >= 0.6 is 17.0 Å². The van der Waals surface area contributed by atoms with Crippen LogP contribution in [0.2, 0.25) is 0 Å². The number of hydrogen-bond acceptors (Lipinski definition) is 2. The molecule has 0 saturated carbocycles. The van der Waals surface area contributed by atoms with Crippen molar-refractivity contribution in [1.82, 2.24) is 4.98 Å². The van der Waals surface area contributed by atoms with E-state index in [0.717, 1.165) is 5.69 Å². The fraction of sp³-hybridized carbons (Fsp3) is 0.0714. The van der Waals surface area contributed by atoms with E-state index in [1.54, 1.807) is 12.3 Å². The first-order chi connectivity index (χ1) is 7.86. The molecule has 0 aliphatic heterocycles. The van der Waals surface area contributed by atoms with Crippen molar-refractivity contribution < 1.29 is 0 Å². The van der Waals surface area contributed by atoms with Crippen molar-refractivity contribution >= 4 is 23.1 Å². The van der Waals surface area contributed by atoms with E-state index in [9.17, 15) is 0 Å². The quantitative estimate of drug-likeness (QED) is 0.921. The molecule has 1 aromatic heterocycles. The lowest BCUT2D eigenvalue weighted by molar-refractivity contribution is 1.07. The average Bonchev–Trinajstić information content (AvgIpc) is 2.41. The van der Waals surface area contributed by atoms with Gasteiger partial charge < -0.3 is 5.73 Å². The van der Waals surface area contributed by atoms with Gasteiger partial charge in [0, 0.05) is 12.7 Å². The first-order valence-electron chi connectivity index (χ1n) is 5.14. The van der Waals surface area contributed by atoms with E-state index >= 15 is 0 Å². The maximum absolute atomic E-state index is 5.35. The monoisotopic (exact) mass is 292 g/mol. The fourth-order valence-corrected chi connectivity index (χ4v) is 1.11. The summed E-state index contributed by atoms with van der Waals surface area (Å²) < 4.78 is 0. The van der Waals surface area contributed by atoms with Gasteiger partial charge in [-0.15, -0.1) is 17.0 Å². The van der Waals surface area contributed by atoms with E-state index in [1.165, 1.54) is 5.56 Å². The van der Waals surface area contributed by atoms with Crippen LogP contribution in [0.25, 0.3) is 6.08 Å². The van der Waals surface area contributed by atoms with Crippen LogP contribution < -0.4 is 5.73 Å². The summed E-state index contributed by atoms with van der Waals surface area (Å²) in [6, 6.07) is 15.7. The molecule has 0 spiro atoms. The second kappa shape index (κ2) is 9.75. The van der Waals surface area contributed by atoms with Crippen LogP contribution in [0.4, 0.5) is 0 Å². The first kappa shape index (κ1) is 15.6. The molecule has 0 amide bonds. The number of hydrogen-bond donors (Lipinski definition) is 1. The van der Waals surface area contributed by atoms with Crippen LogP contribution in [0.5, 0.6) is 0 Å². The second-order valence-electron chi connectivity index (χ2n) is 3.15. The molecule has 0 fully saturated rings. The number of nitrogens with two attached hydrogens (primary N) is 1. The number of pyridine rings is 1. The summed E-state index contributed by atoms with van der Waals surface area (Å²) in [7, 11) is 0. The zero-order chi connectivity index (χ0) is 11.6. The van der Waals surface area contributed by atoms with Gasteiger partial charge in [0.1, 0.15) is 0 Å². The van der Waals surface area contributed by atoms with Gasteiger partial charge in [-0.3, -0.25) is 4.98 Å². The number of benzene rings is 1. The maximum atomic E-state index is 5.35. The van der Waals surface area contributed by atoms with Crippen LogP contribution in [-0.2, 0) is 6.54 Å². The Balaban J connectivity index is 0.000000284. The van der Waals surface area contributed by atoms with E-state index in [4.69, 9.17) is 5.73 Å².